The summed E-state index contributed by atoms with van der Waals surface area (Å²) in [6.07, 6.45) is -0.158. The molecule has 0 aliphatic carbocycles. The molecule has 0 heterocycles. The molecule has 0 spiro atoms. The molecule has 0 amide bonds. The first-order chi connectivity index (χ1) is 7.70. The van der Waals surface area contributed by atoms with Crippen LogP contribution in [0.25, 0.3) is 0 Å². The third kappa shape index (κ3) is 6.03. The van der Waals surface area contributed by atoms with E-state index >= 15 is 0 Å². The summed E-state index contributed by atoms with van der Waals surface area (Å²) < 4.78 is 5.19. The first-order valence-electron chi connectivity index (χ1n) is 6.24. The molecule has 102 valence electrons. The Hall–Kier alpha value is -0.610. The molecule has 0 saturated carbocycles. The first kappa shape index (κ1) is 16.4. The minimum atomic E-state index is -0.872. The number of rotatable bonds is 7. The summed E-state index contributed by atoms with van der Waals surface area (Å²) in [4.78, 5) is 13.1. The number of carboxylic acids is 1. The van der Waals surface area contributed by atoms with Gasteiger partial charge in [0.15, 0.2) is 6.10 Å². The molecule has 1 N–H and O–H groups in total. The van der Waals surface area contributed by atoms with Gasteiger partial charge < -0.3 is 14.7 Å². The van der Waals surface area contributed by atoms with Crippen LogP contribution in [0.15, 0.2) is 0 Å². The van der Waals surface area contributed by atoms with Crippen LogP contribution in [-0.2, 0) is 9.53 Å². The van der Waals surface area contributed by atoms with Crippen LogP contribution in [0.1, 0.15) is 41.0 Å². The Kier molecular flexibility index (Phi) is 6.72. The molecule has 0 rings (SSSR count). The highest BCUT2D eigenvalue weighted by atomic mass is 16.5. The minimum absolute atomic E-state index is 0.194. The van der Waals surface area contributed by atoms with Crippen molar-refractivity contribution in [3.05, 3.63) is 0 Å². The Morgan fingerprint density at radius 3 is 2.29 bits per heavy atom. The highest BCUT2D eigenvalue weighted by Crippen LogP contribution is 2.23. The van der Waals surface area contributed by atoms with E-state index in [1.54, 1.807) is 0 Å². The SMILES string of the molecule is CCOC(CCN(C)C(C)C(C)(C)C)C(=O)O. The fourth-order valence-corrected chi connectivity index (χ4v) is 1.65. The van der Waals surface area contributed by atoms with Crippen LogP contribution >= 0.6 is 0 Å². The standard InChI is InChI=1S/C13H27NO3/c1-7-17-11(12(15)16)8-9-14(6)10(2)13(3,4)5/h10-11H,7-9H2,1-6H3,(H,15,16). The highest BCUT2D eigenvalue weighted by Gasteiger charge is 2.25. The molecular formula is C13H27NO3. The summed E-state index contributed by atoms with van der Waals surface area (Å²) in [5, 5.41) is 8.97. The van der Waals surface area contributed by atoms with Gasteiger partial charge in [0.05, 0.1) is 0 Å². The van der Waals surface area contributed by atoms with E-state index in [-0.39, 0.29) is 5.41 Å². The lowest BCUT2D eigenvalue weighted by Crippen LogP contribution is -2.41. The summed E-state index contributed by atoms with van der Waals surface area (Å²) >= 11 is 0. The molecule has 0 aromatic rings. The molecule has 0 aromatic heterocycles. The van der Waals surface area contributed by atoms with Crippen LogP contribution in [0.2, 0.25) is 0 Å². The Bertz CT molecular complexity index is 235. The fraction of sp³-hybridized carbons (Fsp3) is 0.923. The van der Waals surface area contributed by atoms with Gasteiger partial charge >= 0.3 is 5.97 Å². The Balaban J connectivity index is 4.21. The quantitative estimate of drug-likeness (QED) is 0.747. The van der Waals surface area contributed by atoms with Gasteiger partial charge in [0.2, 0.25) is 0 Å². The Labute approximate surface area is 105 Å². The van der Waals surface area contributed by atoms with Crippen LogP contribution in [-0.4, -0.2) is 48.3 Å². The topological polar surface area (TPSA) is 49.8 Å². The predicted octanol–water partition coefficient (Wildman–Crippen LogP) is 2.23. The van der Waals surface area contributed by atoms with Crippen molar-refractivity contribution < 1.29 is 14.6 Å². The van der Waals surface area contributed by atoms with Crippen molar-refractivity contribution in [3.8, 4) is 0 Å². The summed E-state index contributed by atoms with van der Waals surface area (Å²) in [6.45, 7) is 11.7. The maximum Gasteiger partial charge on any atom is 0.332 e. The molecule has 17 heavy (non-hydrogen) atoms. The normalized spacial score (nSPS) is 15.9. The molecule has 0 bridgehead atoms. The lowest BCUT2D eigenvalue weighted by molar-refractivity contribution is -0.150. The van der Waals surface area contributed by atoms with Crippen LogP contribution in [0.4, 0.5) is 0 Å². The van der Waals surface area contributed by atoms with Gasteiger partial charge in [-0.25, -0.2) is 4.79 Å². The average Bonchev–Trinajstić information content (AvgIpc) is 2.20. The van der Waals surface area contributed by atoms with Gasteiger partial charge in [0.1, 0.15) is 0 Å². The minimum Gasteiger partial charge on any atom is -0.479 e. The second kappa shape index (κ2) is 6.97. The highest BCUT2D eigenvalue weighted by molar-refractivity contribution is 5.72. The third-order valence-electron chi connectivity index (χ3n) is 3.30. The van der Waals surface area contributed by atoms with E-state index in [1.807, 2.05) is 14.0 Å². The monoisotopic (exact) mass is 245 g/mol. The molecule has 0 fully saturated rings. The molecule has 0 aliphatic heterocycles. The Morgan fingerprint density at radius 1 is 1.41 bits per heavy atom. The second-order valence-electron chi connectivity index (χ2n) is 5.59. The molecule has 0 saturated heterocycles. The van der Waals surface area contributed by atoms with Gasteiger partial charge in [-0.3, -0.25) is 0 Å². The maximum absolute atomic E-state index is 10.9. The fourth-order valence-electron chi connectivity index (χ4n) is 1.65. The summed E-state index contributed by atoms with van der Waals surface area (Å²) in [5.74, 6) is -0.872. The number of carboxylic acid groups (broad SMARTS) is 1. The molecule has 2 atom stereocenters. The number of ether oxygens (including phenoxy) is 1. The summed E-state index contributed by atoms with van der Waals surface area (Å²) in [7, 11) is 2.03. The molecule has 0 radical (unpaired) electrons. The lowest BCUT2D eigenvalue weighted by Gasteiger charge is -2.35. The van der Waals surface area contributed by atoms with Gasteiger partial charge in [0, 0.05) is 19.2 Å². The van der Waals surface area contributed by atoms with Gasteiger partial charge in [-0.05, 0) is 32.7 Å². The molecule has 2 unspecified atom stereocenters. The van der Waals surface area contributed by atoms with Crippen molar-refractivity contribution in [2.45, 2.75) is 53.2 Å². The summed E-state index contributed by atoms with van der Waals surface area (Å²) in [6, 6.07) is 0.401. The molecule has 4 heteroatoms. The zero-order chi connectivity index (χ0) is 13.6. The molecular weight excluding hydrogens is 218 g/mol. The van der Waals surface area contributed by atoms with Gasteiger partial charge in [-0.2, -0.15) is 0 Å². The number of nitrogens with zero attached hydrogens (tertiary/aromatic N) is 1. The predicted molar refractivity (Wildman–Crippen MR) is 69.2 cm³/mol. The van der Waals surface area contributed by atoms with Gasteiger partial charge in [-0.15, -0.1) is 0 Å². The van der Waals surface area contributed by atoms with E-state index in [4.69, 9.17) is 9.84 Å². The number of carbonyl (C=O) groups is 1. The molecule has 0 aromatic carbocycles. The van der Waals surface area contributed by atoms with E-state index in [9.17, 15) is 4.79 Å². The maximum atomic E-state index is 10.9. The largest absolute Gasteiger partial charge is 0.479 e. The Morgan fingerprint density at radius 2 is 1.94 bits per heavy atom. The van der Waals surface area contributed by atoms with E-state index in [1.165, 1.54) is 0 Å². The second-order valence-corrected chi connectivity index (χ2v) is 5.59. The van der Waals surface area contributed by atoms with Crippen molar-refractivity contribution in [3.63, 3.8) is 0 Å². The smallest absolute Gasteiger partial charge is 0.332 e. The zero-order valence-electron chi connectivity index (χ0n) is 12.0. The van der Waals surface area contributed by atoms with E-state index in [0.29, 0.717) is 19.1 Å². The van der Waals surface area contributed by atoms with Crippen molar-refractivity contribution in [1.29, 1.82) is 0 Å². The van der Waals surface area contributed by atoms with Crippen LogP contribution in [0.3, 0.4) is 0 Å². The third-order valence-corrected chi connectivity index (χ3v) is 3.30. The van der Waals surface area contributed by atoms with Crippen molar-refractivity contribution in [2.75, 3.05) is 20.2 Å². The van der Waals surface area contributed by atoms with Gasteiger partial charge in [0.25, 0.3) is 0 Å². The first-order valence-corrected chi connectivity index (χ1v) is 6.24. The van der Waals surface area contributed by atoms with Gasteiger partial charge in [-0.1, -0.05) is 20.8 Å². The molecule has 0 aliphatic rings. The van der Waals surface area contributed by atoms with Crippen molar-refractivity contribution in [1.82, 2.24) is 4.90 Å². The van der Waals surface area contributed by atoms with E-state index in [0.717, 1.165) is 6.54 Å². The summed E-state index contributed by atoms with van der Waals surface area (Å²) in [5.41, 5.74) is 0.194. The number of aliphatic carboxylic acids is 1. The number of hydrogen-bond acceptors (Lipinski definition) is 3. The van der Waals surface area contributed by atoms with E-state index < -0.39 is 12.1 Å². The number of hydrogen-bond donors (Lipinski definition) is 1. The van der Waals surface area contributed by atoms with Crippen LogP contribution < -0.4 is 0 Å². The van der Waals surface area contributed by atoms with Crippen LogP contribution in [0, 0.1) is 5.41 Å². The average molecular weight is 245 g/mol. The van der Waals surface area contributed by atoms with E-state index in [2.05, 4.69) is 32.6 Å². The van der Waals surface area contributed by atoms with Crippen molar-refractivity contribution >= 4 is 5.97 Å². The lowest BCUT2D eigenvalue weighted by atomic mass is 9.87. The molecule has 4 nitrogen and oxygen atoms in total. The van der Waals surface area contributed by atoms with Crippen LogP contribution in [0.5, 0.6) is 0 Å². The zero-order valence-corrected chi connectivity index (χ0v) is 12.0. The van der Waals surface area contributed by atoms with Crippen molar-refractivity contribution in [2.24, 2.45) is 5.41 Å².